The van der Waals surface area contributed by atoms with Gasteiger partial charge in [0, 0.05) is 16.7 Å². The highest BCUT2D eigenvalue weighted by Gasteiger charge is 2.39. The number of nitrogens with zero attached hydrogens (tertiary/aromatic N) is 3. The molecule has 4 heteroatoms. The van der Waals surface area contributed by atoms with E-state index in [2.05, 4.69) is 128 Å². The largest absolute Gasteiger partial charge is 0.208 e. The van der Waals surface area contributed by atoms with E-state index in [1.807, 2.05) is 24.3 Å². The van der Waals surface area contributed by atoms with E-state index < -0.39 is 8.07 Å². The van der Waals surface area contributed by atoms with Crippen LogP contribution in [0.2, 0.25) is 13.1 Å². The van der Waals surface area contributed by atoms with Crippen molar-refractivity contribution in [3.05, 3.63) is 140 Å². The molecule has 1 aromatic heterocycles. The Morgan fingerprint density at radius 2 is 0.907 bits per heavy atom. The van der Waals surface area contributed by atoms with Crippen molar-refractivity contribution in [1.82, 2.24) is 15.0 Å². The van der Waals surface area contributed by atoms with E-state index in [1.54, 1.807) is 0 Å². The minimum Gasteiger partial charge on any atom is -0.208 e. The van der Waals surface area contributed by atoms with E-state index >= 15 is 0 Å². The summed E-state index contributed by atoms with van der Waals surface area (Å²) in [5, 5.41) is 5.46. The van der Waals surface area contributed by atoms with Crippen LogP contribution in [-0.4, -0.2) is 23.0 Å². The molecule has 0 amide bonds. The van der Waals surface area contributed by atoms with E-state index in [0.29, 0.717) is 17.5 Å². The first-order valence-electron chi connectivity index (χ1n) is 14.7. The molecule has 7 aromatic rings. The summed E-state index contributed by atoms with van der Waals surface area (Å²) in [6.45, 7) is 4.91. The van der Waals surface area contributed by atoms with Crippen molar-refractivity contribution in [3.63, 3.8) is 0 Å². The summed E-state index contributed by atoms with van der Waals surface area (Å²) in [7, 11) is -1.93. The Kier molecular flexibility index (Phi) is 5.91. The minimum absolute atomic E-state index is 0.675. The fourth-order valence-electron chi connectivity index (χ4n) is 6.44. The maximum absolute atomic E-state index is 5.16. The molecule has 0 saturated heterocycles. The Balaban J connectivity index is 1.33. The first-order chi connectivity index (χ1) is 21.1. The number of aromatic nitrogens is 3. The molecule has 204 valence electrons. The summed E-state index contributed by atoms with van der Waals surface area (Å²) >= 11 is 0. The molecule has 0 N–H and O–H groups in total. The highest BCUT2D eigenvalue weighted by Crippen LogP contribution is 2.38. The summed E-state index contributed by atoms with van der Waals surface area (Å²) in [5.74, 6) is 2.06. The van der Waals surface area contributed by atoms with Gasteiger partial charge >= 0.3 is 0 Å². The maximum atomic E-state index is 5.16. The lowest BCUT2D eigenvalue weighted by atomic mass is 9.96. The van der Waals surface area contributed by atoms with Crippen molar-refractivity contribution in [3.8, 4) is 56.4 Å². The van der Waals surface area contributed by atoms with Gasteiger partial charge in [0.05, 0.1) is 0 Å². The molecule has 1 aliphatic heterocycles. The van der Waals surface area contributed by atoms with Crippen LogP contribution in [-0.2, 0) is 0 Å². The van der Waals surface area contributed by atoms with E-state index in [4.69, 9.17) is 15.0 Å². The quantitative estimate of drug-likeness (QED) is 0.200. The Morgan fingerprint density at radius 1 is 0.395 bits per heavy atom. The lowest BCUT2D eigenvalue weighted by Crippen LogP contribution is -2.49. The molecular weight excluding hydrogens is 539 g/mol. The molecule has 0 spiro atoms. The zero-order valence-electron chi connectivity index (χ0n) is 24.1. The van der Waals surface area contributed by atoms with Crippen molar-refractivity contribution in [2.75, 3.05) is 0 Å². The summed E-state index contributed by atoms with van der Waals surface area (Å²) < 4.78 is 0. The van der Waals surface area contributed by atoms with Crippen molar-refractivity contribution in [1.29, 1.82) is 0 Å². The van der Waals surface area contributed by atoms with Crippen LogP contribution < -0.4 is 10.4 Å². The zero-order valence-corrected chi connectivity index (χ0v) is 25.1. The van der Waals surface area contributed by atoms with Gasteiger partial charge in [0.15, 0.2) is 17.5 Å². The second-order valence-electron chi connectivity index (χ2n) is 11.7. The highest BCUT2D eigenvalue weighted by atomic mass is 28.3. The highest BCUT2D eigenvalue weighted by molar-refractivity contribution is 7.04. The van der Waals surface area contributed by atoms with Gasteiger partial charge in [0.2, 0.25) is 0 Å². The Labute approximate surface area is 252 Å². The second kappa shape index (κ2) is 9.97. The van der Waals surface area contributed by atoms with E-state index in [1.165, 1.54) is 43.4 Å². The molecule has 0 unspecified atom stereocenters. The summed E-state index contributed by atoms with van der Waals surface area (Å²) in [6.07, 6.45) is 0. The lowest BCUT2D eigenvalue weighted by molar-refractivity contribution is 1.07. The standard InChI is InChI=1S/C39H29N3Si/c1-43(2)34-19-11-18-32(36(34)33-24-30-16-9-10-17-31(30)25-35(33)43)39-41-37(28-14-7-4-8-15-28)40-38(42-39)29-22-20-27(21-23-29)26-12-5-3-6-13-26/h3-25H,1-2H3. The van der Waals surface area contributed by atoms with Gasteiger partial charge < -0.3 is 0 Å². The predicted octanol–water partition coefficient (Wildman–Crippen LogP) is 8.50. The fourth-order valence-corrected chi connectivity index (χ4v) is 9.53. The van der Waals surface area contributed by atoms with Crippen LogP contribution in [0.3, 0.4) is 0 Å². The summed E-state index contributed by atoms with van der Waals surface area (Å²) in [5.41, 5.74) is 7.95. The van der Waals surface area contributed by atoms with Gasteiger partial charge in [-0.3, -0.25) is 0 Å². The van der Waals surface area contributed by atoms with Crippen molar-refractivity contribution >= 4 is 29.2 Å². The number of fused-ring (bicyclic) bond motifs is 4. The third-order valence-corrected chi connectivity index (χ3v) is 12.2. The molecule has 0 radical (unpaired) electrons. The molecule has 0 atom stereocenters. The minimum atomic E-state index is -1.93. The van der Waals surface area contributed by atoms with Gasteiger partial charge in [-0.15, -0.1) is 0 Å². The van der Waals surface area contributed by atoms with Gasteiger partial charge in [-0.1, -0.05) is 147 Å². The molecule has 0 saturated carbocycles. The topological polar surface area (TPSA) is 38.7 Å². The summed E-state index contributed by atoms with van der Waals surface area (Å²) in [6, 6.07) is 49.3. The molecule has 1 aliphatic rings. The average Bonchev–Trinajstić information content (AvgIpc) is 3.30. The van der Waals surface area contributed by atoms with Crippen LogP contribution in [0.5, 0.6) is 0 Å². The Bertz CT molecular complexity index is 2140. The molecule has 0 aliphatic carbocycles. The van der Waals surface area contributed by atoms with Crippen molar-refractivity contribution in [2.24, 2.45) is 0 Å². The third-order valence-electron chi connectivity index (χ3n) is 8.72. The van der Waals surface area contributed by atoms with E-state index in [-0.39, 0.29) is 0 Å². The van der Waals surface area contributed by atoms with Crippen LogP contribution in [0.25, 0.3) is 67.2 Å². The molecule has 8 rings (SSSR count). The van der Waals surface area contributed by atoms with Gasteiger partial charge in [0.1, 0.15) is 8.07 Å². The number of hydrogen-bond donors (Lipinski definition) is 0. The normalized spacial score (nSPS) is 13.1. The molecule has 2 heterocycles. The zero-order chi connectivity index (χ0) is 29.0. The van der Waals surface area contributed by atoms with Gasteiger partial charge in [-0.2, -0.15) is 0 Å². The number of benzene rings is 6. The number of rotatable bonds is 4. The van der Waals surface area contributed by atoms with E-state index in [0.717, 1.165) is 16.7 Å². The fraction of sp³-hybridized carbons (Fsp3) is 0.0513. The second-order valence-corrected chi connectivity index (χ2v) is 16.0. The first kappa shape index (κ1) is 25.5. The van der Waals surface area contributed by atoms with Crippen molar-refractivity contribution < 1.29 is 0 Å². The smallest absolute Gasteiger partial charge is 0.164 e. The molecule has 43 heavy (non-hydrogen) atoms. The third kappa shape index (κ3) is 4.30. The monoisotopic (exact) mass is 567 g/mol. The van der Waals surface area contributed by atoms with Crippen LogP contribution >= 0.6 is 0 Å². The predicted molar refractivity (Wildman–Crippen MR) is 181 cm³/mol. The van der Waals surface area contributed by atoms with Crippen LogP contribution in [0, 0.1) is 0 Å². The average molecular weight is 568 g/mol. The molecule has 3 nitrogen and oxygen atoms in total. The van der Waals surface area contributed by atoms with Crippen LogP contribution in [0.15, 0.2) is 140 Å². The number of hydrogen-bond acceptors (Lipinski definition) is 3. The molecule has 0 bridgehead atoms. The SMILES string of the molecule is C[Si]1(C)c2cc3ccccc3cc2-c2c(-c3nc(-c4ccccc4)nc(-c4ccc(-c5ccccc5)cc4)n3)cccc21. The molecule has 6 aromatic carbocycles. The van der Waals surface area contributed by atoms with E-state index in [9.17, 15) is 0 Å². The summed E-state index contributed by atoms with van der Waals surface area (Å²) in [4.78, 5) is 15.3. The van der Waals surface area contributed by atoms with Crippen LogP contribution in [0.1, 0.15) is 0 Å². The molecular formula is C39H29N3Si. The lowest BCUT2D eigenvalue weighted by Gasteiger charge is -2.19. The molecule has 0 fully saturated rings. The van der Waals surface area contributed by atoms with Gasteiger partial charge in [-0.25, -0.2) is 15.0 Å². The Hall–Kier alpha value is -5.19. The van der Waals surface area contributed by atoms with Gasteiger partial charge in [-0.05, 0) is 49.5 Å². The van der Waals surface area contributed by atoms with Crippen LogP contribution in [0.4, 0.5) is 0 Å². The van der Waals surface area contributed by atoms with Crippen molar-refractivity contribution in [2.45, 2.75) is 13.1 Å². The first-order valence-corrected chi connectivity index (χ1v) is 17.7. The Morgan fingerprint density at radius 3 is 1.58 bits per heavy atom. The maximum Gasteiger partial charge on any atom is 0.164 e. The van der Waals surface area contributed by atoms with Gasteiger partial charge in [0.25, 0.3) is 0 Å².